The van der Waals surface area contributed by atoms with Crippen LogP contribution in [0.3, 0.4) is 0 Å². The molecule has 0 radical (unpaired) electrons. The molecule has 1 aromatic rings. The summed E-state index contributed by atoms with van der Waals surface area (Å²) in [5.41, 5.74) is 5.37. The lowest BCUT2D eigenvalue weighted by atomic mass is 10.3. The van der Waals surface area contributed by atoms with Gasteiger partial charge < -0.3 is 10.5 Å². The summed E-state index contributed by atoms with van der Waals surface area (Å²) in [4.78, 5) is 4.82. The van der Waals surface area contributed by atoms with E-state index in [-0.39, 0.29) is 0 Å². The minimum Gasteiger partial charge on any atom is -0.383 e. The molecule has 0 aliphatic carbocycles. The summed E-state index contributed by atoms with van der Waals surface area (Å²) in [6.45, 7) is 7.51. The van der Waals surface area contributed by atoms with Gasteiger partial charge in [-0.25, -0.2) is 0 Å². The van der Waals surface area contributed by atoms with E-state index in [2.05, 4.69) is 42.7 Å². The zero-order valence-electron chi connectivity index (χ0n) is 11.4. The molecule has 18 heavy (non-hydrogen) atoms. The van der Waals surface area contributed by atoms with Gasteiger partial charge in [-0.2, -0.15) is 0 Å². The lowest BCUT2D eigenvalue weighted by molar-refractivity contribution is 0.125. The van der Waals surface area contributed by atoms with Crippen LogP contribution in [-0.2, 0) is 11.3 Å². The third-order valence-electron chi connectivity index (χ3n) is 2.65. The van der Waals surface area contributed by atoms with Gasteiger partial charge in [0.05, 0.1) is 18.0 Å². The summed E-state index contributed by atoms with van der Waals surface area (Å²) < 4.78 is 5.14. The van der Waals surface area contributed by atoms with Gasteiger partial charge in [-0.05, 0) is 26.0 Å². The van der Waals surface area contributed by atoms with Crippen LogP contribution in [0.5, 0.6) is 0 Å². The molecule has 0 saturated heterocycles. The van der Waals surface area contributed by atoms with Gasteiger partial charge in [-0.1, -0.05) is 11.8 Å². The standard InChI is InChI=1S/C14H22N2OS/c1-12(2)16(9-10-17-3)11-14-7-6-13(18-14)5-4-8-15/h6-7,12H,8-11,15H2,1-3H3. The second kappa shape index (κ2) is 8.28. The van der Waals surface area contributed by atoms with Gasteiger partial charge in [0.25, 0.3) is 0 Å². The number of hydrogen-bond acceptors (Lipinski definition) is 4. The maximum Gasteiger partial charge on any atom is 0.0772 e. The lowest BCUT2D eigenvalue weighted by Gasteiger charge is -2.25. The predicted molar refractivity (Wildman–Crippen MR) is 77.7 cm³/mol. The third kappa shape index (κ3) is 5.19. The molecular formula is C14H22N2OS. The van der Waals surface area contributed by atoms with Crippen molar-refractivity contribution in [2.75, 3.05) is 26.8 Å². The Morgan fingerprint density at radius 1 is 1.44 bits per heavy atom. The van der Waals surface area contributed by atoms with Gasteiger partial charge in [-0.3, -0.25) is 4.90 Å². The van der Waals surface area contributed by atoms with Gasteiger partial charge in [0, 0.05) is 31.1 Å². The van der Waals surface area contributed by atoms with E-state index in [4.69, 9.17) is 10.5 Å². The van der Waals surface area contributed by atoms with E-state index < -0.39 is 0 Å². The zero-order chi connectivity index (χ0) is 13.4. The highest BCUT2D eigenvalue weighted by Gasteiger charge is 2.10. The average Bonchev–Trinajstić information content (AvgIpc) is 2.79. The van der Waals surface area contributed by atoms with E-state index in [9.17, 15) is 0 Å². The van der Waals surface area contributed by atoms with E-state index >= 15 is 0 Å². The molecule has 3 nitrogen and oxygen atoms in total. The van der Waals surface area contributed by atoms with Gasteiger partial charge in [-0.15, -0.1) is 11.3 Å². The number of nitrogens with zero attached hydrogens (tertiary/aromatic N) is 1. The molecular weight excluding hydrogens is 244 g/mol. The number of nitrogens with two attached hydrogens (primary N) is 1. The summed E-state index contributed by atoms with van der Waals surface area (Å²) in [5.74, 6) is 5.95. The molecule has 0 aliphatic heterocycles. The summed E-state index contributed by atoms with van der Waals surface area (Å²) in [5, 5.41) is 0. The van der Waals surface area contributed by atoms with Crippen LogP contribution in [0, 0.1) is 11.8 Å². The second-order valence-corrected chi connectivity index (χ2v) is 5.50. The lowest BCUT2D eigenvalue weighted by Crippen LogP contribution is -2.32. The monoisotopic (exact) mass is 266 g/mol. The summed E-state index contributed by atoms with van der Waals surface area (Å²) in [7, 11) is 1.74. The van der Waals surface area contributed by atoms with Gasteiger partial charge in [0.1, 0.15) is 0 Å². The van der Waals surface area contributed by atoms with Crippen LogP contribution in [0.4, 0.5) is 0 Å². The fourth-order valence-electron chi connectivity index (χ4n) is 1.60. The van der Waals surface area contributed by atoms with Crippen molar-refractivity contribution >= 4 is 11.3 Å². The number of methoxy groups -OCH3 is 1. The SMILES string of the molecule is COCCN(Cc1ccc(C#CCN)s1)C(C)C. The molecule has 0 spiro atoms. The topological polar surface area (TPSA) is 38.5 Å². The molecule has 0 bridgehead atoms. The van der Waals surface area contributed by atoms with Crippen molar-refractivity contribution in [2.45, 2.75) is 26.4 Å². The molecule has 0 atom stereocenters. The normalized spacial score (nSPS) is 10.8. The van der Waals surface area contributed by atoms with Crippen molar-refractivity contribution in [1.82, 2.24) is 4.90 Å². The van der Waals surface area contributed by atoms with Crippen LogP contribution >= 0.6 is 11.3 Å². The van der Waals surface area contributed by atoms with Crippen molar-refractivity contribution in [3.8, 4) is 11.8 Å². The van der Waals surface area contributed by atoms with Crippen LogP contribution in [0.25, 0.3) is 0 Å². The second-order valence-electron chi connectivity index (χ2n) is 4.33. The first-order valence-electron chi connectivity index (χ1n) is 6.18. The highest BCUT2D eigenvalue weighted by atomic mass is 32.1. The Bertz CT molecular complexity index is 403. The molecule has 0 unspecified atom stereocenters. The third-order valence-corrected chi connectivity index (χ3v) is 3.63. The molecule has 1 aromatic heterocycles. The van der Waals surface area contributed by atoms with Crippen LogP contribution < -0.4 is 5.73 Å². The highest BCUT2D eigenvalue weighted by molar-refractivity contribution is 7.12. The van der Waals surface area contributed by atoms with E-state index in [0.29, 0.717) is 12.6 Å². The molecule has 4 heteroatoms. The summed E-state index contributed by atoms with van der Waals surface area (Å²) in [6, 6.07) is 4.73. The molecule has 2 N–H and O–H groups in total. The van der Waals surface area contributed by atoms with E-state index in [1.54, 1.807) is 18.4 Å². The molecule has 0 saturated carbocycles. The smallest absolute Gasteiger partial charge is 0.0772 e. The summed E-state index contributed by atoms with van der Waals surface area (Å²) >= 11 is 1.74. The van der Waals surface area contributed by atoms with Gasteiger partial charge >= 0.3 is 0 Å². The van der Waals surface area contributed by atoms with Crippen molar-refractivity contribution in [3.05, 3.63) is 21.9 Å². The molecule has 100 valence electrons. The fraction of sp³-hybridized carbons (Fsp3) is 0.571. The minimum atomic E-state index is 0.416. The quantitative estimate of drug-likeness (QED) is 0.799. The van der Waals surface area contributed by atoms with Crippen LogP contribution in [0.1, 0.15) is 23.6 Å². The molecule has 1 rings (SSSR count). The number of thiophene rings is 1. The zero-order valence-corrected chi connectivity index (χ0v) is 12.2. The first-order chi connectivity index (χ1) is 8.67. The largest absolute Gasteiger partial charge is 0.383 e. The Morgan fingerprint density at radius 2 is 2.22 bits per heavy atom. The predicted octanol–water partition coefficient (Wildman–Crippen LogP) is 1.92. The Balaban J connectivity index is 2.60. The van der Waals surface area contributed by atoms with Crippen molar-refractivity contribution in [1.29, 1.82) is 0 Å². The minimum absolute atomic E-state index is 0.416. The van der Waals surface area contributed by atoms with Crippen LogP contribution in [0.15, 0.2) is 12.1 Å². The maximum absolute atomic E-state index is 5.37. The first kappa shape index (κ1) is 15.2. The van der Waals surface area contributed by atoms with Gasteiger partial charge in [0.15, 0.2) is 0 Å². The highest BCUT2D eigenvalue weighted by Crippen LogP contribution is 2.18. The number of ether oxygens (including phenoxy) is 1. The first-order valence-corrected chi connectivity index (χ1v) is 6.99. The summed E-state index contributed by atoms with van der Waals surface area (Å²) in [6.07, 6.45) is 0. The molecule has 0 fully saturated rings. The van der Waals surface area contributed by atoms with Crippen molar-refractivity contribution in [2.24, 2.45) is 5.73 Å². The Kier molecular flexibility index (Phi) is 6.99. The van der Waals surface area contributed by atoms with Crippen molar-refractivity contribution < 1.29 is 4.74 Å². The molecule has 0 aromatic carbocycles. The van der Waals surface area contributed by atoms with Crippen LogP contribution in [0.2, 0.25) is 0 Å². The maximum atomic E-state index is 5.37. The molecule has 0 aliphatic rings. The number of hydrogen-bond donors (Lipinski definition) is 1. The van der Waals surface area contributed by atoms with Crippen molar-refractivity contribution in [3.63, 3.8) is 0 Å². The molecule has 0 amide bonds. The number of rotatable bonds is 6. The average molecular weight is 266 g/mol. The van der Waals surface area contributed by atoms with E-state index in [1.165, 1.54) is 4.88 Å². The Morgan fingerprint density at radius 3 is 2.83 bits per heavy atom. The Labute approximate surface area is 114 Å². The fourth-order valence-corrected chi connectivity index (χ4v) is 2.50. The van der Waals surface area contributed by atoms with Gasteiger partial charge in [0.2, 0.25) is 0 Å². The van der Waals surface area contributed by atoms with E-state index in [1.807, 2.05) is 0 Å². The Hall–Kier alpha value is -0.860. The van der Waals surface area contributed by atoms with E-state index in [0.717, 1.165) is 24.6 Å². The van der Waals surface area contributed by atoms with Crippen LogP contribution in [-0.4, -0.2) is 37.7 Å². The molecule has 1 heterocycles.